The number of nitrogens with zero attached hydrogens (tertiary/aromatic N) is 1. The molecule has 0 amide bonds. The van der Waals surface area contributed by atoms with Crippen molar-refractivity contribution < 1.29 is 0 Å². The fourth-order valence-electron chi connectivity index (χ4n) is 1.21. The van der Waals surface area contributed by atoms with Crippen molar-refractivity contribution in [1.82, 2.24) is 0 Å². The summed E-state index contributed by atoms with van der Waals surface area (Å²) in [6.45, 7) is 0.731. The first-order chi connectivity index (χ1) is 5.86. The number of aliphatic imine (C=N–C) groups is 1. The first-order valence-corrected chi connectivity index (χ1v) is 4.84. The Kier molecular flexibility index (Phi) is 2.04. The van der Waals surface area contributed by atoms with Crippen molar-refractivity contribution in [2.75, 3.05) is 0 Å². The molecule has 0 spiro atoms. The van der Waals surface area contributed by atoms with Crippen LogP contribution >= 0.6 is 11.8 Å². The molecule has 0 bridgehead atoms. The van der Waals surface area contributed by atoms with Crippen LogP contribution in [0.5, 0.6) is 0 Å². The molecule has 0 fully saturated rings. The molecule has 1 aliphatic rings. The molecule has 2 nitrogen and oxygen atoms in total. The summed E-state index contributed by atoms with van der Waals surface area (Å²) in [5, 5.41) is 0.700. The molecule has 0 radical (unpaired) electrons. The lowest BCUT2D eigenvalue weighted by atomic mass is 10.1. The Hall–Kier alpha value is -0.960. The third-order valence-electron chi connectivity index (χ3n) is 1.90. The van der Waals surface area contributed by atoms with E-state index in [4.69, 9.17) is 5.73 Å². The summed E-state index contributed by atoms with van der Waals surface area (Å²) >= 11 is 1.61. The van der Waals surface area contributed by atoms with Crippen LogP contribution in [0.1, 0.15) is 11.1 Å². The number of hydrogen-bond acceptors (Lipinski definition) is 3. The second-order valence-electron chi connectivity index (χ2n) is 2.71. The van der Waals surface area contributed by atoms with Crippen molar-refractivity contribution in [1.29, 1.82) is 0 Å². The molecule has 0 saturated heterocycles. The first-order valence-electron chi connectivity index (χ1n) is 3.86. The maximum Gasteiger partial charge on any atom is 0.154 e. The minimum atomic E-state index is 0.700. The zero-order chi connectivity index (χ0) is 8.39. The van der Waals surface area contributed by atoms with Gasteiger partial charge in [-0.3, -0.25) is 4.99 Å². The zero-order valence-corrected chi connectivity index (χ0v) is 7.47. The predicted molar refractivity (Wildman–Crippen MR) is 53.1 cm³/mol. The van der Waals surface area contributed by atoms with E-state index in [1.807, 2.05) is 6.07 Å². The average molecular weight is 178 g/mol. The van der Waals surface area contributed by atoms with Crippen LogP contribution in [0.15, 0.2) is 29.3 Å². The summed E-state index contributed by atoms with van der Waals surface area (Å²) in [6.07, 6.45) is 0. The second-order valence-corrected chi connectivity index (χ2v) is 3.71. The number of hydrogen-bond donors (Lipinski definition) is 1. The summed E-state index contributed by atoms with van der Waals surface area (Å²) in [5.74, 6) is 0.950. The Morgan fingerprint density at radius 2 is 2.00 bits per heavy atom. The van der Waals surface area contributed by atoms with Crippen molar-refractivity contribution in [3.8, 4) is 0 Å². The van der Waals surface area contributed by atoms with Crippen LogP contribution in [0.3, 0.4) is 0 Å². The van der Waals surface area contributed by atoms with E-state index >= 15 is 0 Å². The van der Waals surface area contributed by atoms with Gasteiger partial charge in [0.05, 0.1) is 6.54 Å². The zero-order valence-electron chi connectivity index (χ0n) is 6.66. The van der Waals surface area contributed by atoms with E-state index in [0.29, 0.717) is 5.17 Å². The highest BCUT2D eigenvalue weighted by Gasteiger charge is 2.06. The Morgan fingerprint density at radius 3 is 2.83 bits per heavy atom. The topological polar surface area (TPSA) is 38.4 Å². The Morgan fingerprint density at radius 1 is 1.25 bits per heavy atom. The highest BCUT2D eigenvalue weighted by molar-refractivity contribution is 8.13. The molecule has 2 N–H and O–H groups in total. The minimum absolute atomic E-state index is 0.700. The van der Waals surface area contributed by atoms with Crippen molar-refractivity contribution in [3.05, 3.63) is 35.4 Å². The van der Waals surface area contributed by atoms with E-state index < -0.39 is 0 Å². The molecule has 0 aromatic heterocycles. The quantitative estimate of drug-likeness (QED) is 0.657. The highest BCUT2D eigenvalue weighted by atomic mass is 32.2. The summed E-state index contributed by atoms with van der Waals surface area (Å²) in [5.41, 5.74) is 8.28. The van der Waals surface area contributed by atoms with Gasteiger partial charge in [0.15, 0.2) is 5.17 Å². The van der Waals surface area contributed by atoms with E-state index in [1.165, 1.54) is 11.1 Å². The number of amidine groups is 1. The Labute approximate surface area is 75.9 Å². The smallest absolute Gasteiger partial charge is 0.154 e. The first kappa shape index (κ1) is 7.68. The molecule has 2 rings (SSSR count). The number of thioether (sulfide) groups is 1. The third-order valence-corrected chi connectivity index (χ3v) is 2.78. The lowest BCUT2D eigenvalue weighted by molar-refractivity contribution is 1.05. The molecule has 0 aliphatic carbocycles. The average Bonchev–Trinajstić information content (AvgIpc) is 2.29. The van der Waals surface area contributed by atoms with Crippen LogP contribution in [0.25, 0.3) is 0 Å². The maximum absolute atomic E-state index is 5.63. The van der Waals surface area contributed by atoms with Gasteiger partial charge in [0.1, 0.15) is 0 Å². The molecule has 3 heteroatoms. The standard InChI is InChI=1S/C9H10N2S/c10-9-11-5-7-3-1-2-4-8(7)6-12-9/h1-4H,5-6H2,(H2,10,11). The van der Waals surface area contributed by atoms with E-state index in [0.717, 1.165) is 12.3 Å². The number of rotatable bonds is 0. The van der Waals surface area contributed by atoms with Gasteiger partial charge in [-0.1, -0.05) is 36.0 Å². The molecule has 62 valence electrons. The normalized spacial score (nSPS) is 16.2. The fourth-order valence-corrected chi connectivity index (χ4v) is 1.95. The van der Waals surface area contributed by atoms with Crippen LogP contribution in [0, 0.1) is 0 Å². The van der Waals surface area contributed by atoms with E-state index in [9.17, 15) is 0 Å². The van der Waals surface area contributed by atoms with Gasteiger partial charge in [-0.15, -0.1) is 0 Å². The van der Waals surface area contributed by atoms with Crippen LogP contribution in [-0.4, -0.2) is 5.17 Å². The molecule has 1 aromatic carbocycles. The van der Waals surface area contributed by atoms with Gasteiger partial charge in [-0.2, -0.15) is 0 Å². The van der Waals surface area contributed by atoms with Gasteiger partial charge in [-0.05, 0) is 11.1 Å². The number of fused-ring (bicyclic) bond motifs is 1. The Bertz CT molecular complexity index is 320. The summed E-state index contributed by atoms with van der Waals surface area (Å²) in [4.78, 5) is 4.22. The van der Waals surface area contributed by atoms with Gasteiger partial charge in [0.25, 0.3) is 0 Å². The fraction of sp³-hybridized carbons (Fsp3) is 0.222. The van der Waals surface area contributed by atoms with Gasteiger partial charge in [0.2, 0.25) is 0 Å². The van der Waals surface area contributed by atoms with Crippen LogP contribution < -0.4 is 5.73 Å². The summed E-state index contributed by atoms with van der Waals surface area (Å²) in [6, 6.07) is 8.34. The molecular formula is C9H10N2S. The predicted octanol–water partition coefficient (Wildman–Crippen LogP) is 1.75. The Balaban J connectivity index is 2.35. The van der Waals surface area contributed by atoms with Crippen molar-refractivity contribution in [2.45, 2.75) is 12.3 Å². The summed E-state index contributed by atoms with van der Waals surface area (Å²) < 4.78 is 0. The summed E-state index contributed by atoms with van der Waals surface area (Å²) in [7, 11) is 0. The second kappa shape index (κ2) is 3.19. The van der Waals surface area contributed by atoms with Gasteiger partial charge < -0.3 is 5.73 Å². The van der Waals surface area contributed by atoms with Crippen LogP contribution in [-0.2, 0) is 12.3 Å². The van der Waals surface area contributed by atoms with Gasteiger partial charge >= 0.3 is 0 Å². The molecule has 1 aromatic rings. The van der Waals surface area contributed by atoms with Crippen LogP contribution in [0.2, 0.25) is 0 Å². The molecule has 0 saturated carbocycles. The monoisotopic (exact) mass is 178 g/mol. The maximum atomic E-state index is 5.63. The van der Waals surface area contributed by atoms with E-state index in [1.54, 1.807) is 11.8 Å². The van der Waals surface area contributed by atoms with Crippen LogP contribution in [0.4, 0.5) is 0 Å². The SMILES string of the molecule is NC1=NCc2ccccc2CS1. The largest absolute Gasteiger partial charge is 0.379 e. The lowest BCUT2D eigenvalue weighted by Crippen LogP contribution is -2.04. The van der Waals surface area contributed by atoms with Crippen molar-refractivity contribution >= 4 is 16.9 Å². The molecular weight excluding hydrogens is 168 g/mol. The van der Waals surface area contributed by atoms with Gasteiger partial charge in [-0.25, -0.2) is 0 Å². The van der Waals surface area contributed by atoms with Gasteiger partial charge in [0, 0.05) is 5.75 Å². The third kappa shape index (κ3) is 1.46. The number of benzene rings is 1. The van der Waals surface area contributed by atoms with E-state index in [2.05, 4.69) is 23.2 Å². The molecule has 1 heterocycles. The molecule has 0 unspecified atom stereocenters. The minimum Gasteiger partial charge on any atom is -0.379 e. The number of nitrogens with two attached hydrogens (primary N) is 1. The molecule has 0 atom stereocenters. The molecule has 12 heavy (non-hydrogen) atoms. The van der Waals surface area contributed by atoms with E-state index in [-0.39, 0.29) is 0 Å². The van der Waals surface area contributed by atoms with Crippen molar-refractivity contribution in [3.63, 3.8) is 0 Å². The molecule has 1 aliphatic heterocycles. The lowest BCUT2D eigenvalue weighted by Gasteiger charge is -2.01. The highest BCUT2D eigenvalue weighted by Crippen LogP contribution is 2.20. The van der Waals surface area contributed by atoms with Crippen molar-refractivity contribution in [2.24, 2.45) is 10.7 Å².